The predicted molar refractivity (Wildman–Crippen MR) is 195 cm³/mol. The first-order valence-electron chi connectivity index (χ1n) is 17.2. The molecule has 0 amide bonds. The van der Waals surface area contributed by atoms with Gasteiger partial charge in [-0.1, -0.05) is 56.3 Å². The van der Waals surface area contributed by atoms with Crippen LogP contribution in [0.1, 0.15) is 51.2 Å². The molecule has 14 N–H and O–H groups in total. The van der Waals surface area contributed by atoms with Crippen molar-refractivity contribution < 1.29 is 58.3 Å². The Morgan fingerprint density at radius 3 is 1.81 bits per heavy atom. The van der Waals surface area contributed by atoms with E-state index in [4.69, 9.17) is 53.5 Å². The fourth-order valence-electron chi connectivity index (χ4n) is 4.54. The van der Waals surface area contributed by atoms with Crippen molar-refractivity contribution >= 4 is 35.8 Å². The number of rotatable bonds is 16. The van der Waals surface area contributed by atoms with Crippen LogP contribution in [-0.4, -0.2) is 107 Å². The summed E-state index contributed by atoms with van der Waals surface area (Å²) in [6, 6.07) is 10.0. The maximum absolute atomic E-state index is 12.1. The van der Waals surface area contributed by atoms with Gasteiger partial charge in [-0.3, -0.25) is 19.2 Å². The molecule has 1 aliphatic rings. The van der Waals surface area contributed by atoms with E-state index < -0.39 is 72.1 Å². The molecule has 0 unspecified atom stereocenters. The summed E-state index contributed by atoms with van der Waals surface area (Å²) in [5, 5.41) is 28.9. The SMILES string of the molecule is CC(C)C[C@H](N)C(=O)OC(=O)[C@@H](N)[C@@H](C)OC(=O)[C@@H](N)Cc1ccccc1.N[C@@H](COC(=O)[C@@H]1CCCN1)C(=O)O.N[C@@H](Cc1ccc(O)cc1)C(=O)O. The lowest BCUT2D eigenvalue weighted by Crippen LogP contribution is -2.48. The predicted octanol–water partition coefficient (Wildman–Crippen LogP) is -0.701. The summed E-state index contributed by atoms with van der Waals surface area (Å²) in [4.78, 5) is 67.8. The molecule has 2 aromatic rings. The lowest BCUT2D eigenvalue weighted by molar-refractivity contribution is -0.165. The Morgan fingerprint density at radius 1 is 0.741 bits per heavy atom. The lowest BCUT2D eigenvalue weighted by atomic mass is 10.0. The summed E-state index contributed by atoms with van der Waals surface area (Å²) in [7, 11) is 0. The number of carbonyl (C=O) groups excluding carboxylic acids is 4. The van der Waals surface area contributed by atoms with Crippen molar-refractivity contribution in [2.45, 2.75) is 95.2 Å². The standard InChI is InChI=1S/C19H29N3O5.C9H11NO3.C8H14N2O4/c1-11(2)9-14(20)18(24)27-19(25)16(22)12(3)26-17(23)15(21)10-13-7-5-4-6-8-13;10-8(9(12)13)5-6-1-3-7(11)4-2-6;9-5(7(11)12)4-14-8(13)6-2-1-3-10-6/h4-8,11-12,14-16H,9-10,20-22H2,1-3H3;1-4,8,11H,5,10H2,(H,12,13);5-6,10H,1-4,9H2,(H,11,12)/t12-,14+,15+,16+;8-;5-,6-/m100/s1. The maximum atomic E-state index is 12.1. The molecule has 0 bridgehead atoms. The molecule has 3 rings (SSSR count). The molecule has 2 aromatic carbocycles. The number of phenolic OH excluding ortho intramolecular Hbond substituents is 1. The normalized spacial score (nSPS) is 16.7. The fraction of sp³-hybridized carbons (Fsp3) is 0.500. The van der Waals surface area contributed by atoms with E-state index in [2.05, 4.69) is 10.1 Å². The van der Waals surface area contributed by atoms with Crippen molar-refractivity contribution in [2.75, 3.05) is 13.2 Å². The molecule has 0 aromatic heterocycles. The summed E-state index contributed by atoms with van der Waals surface area (Å²) in [6.07, 6.45) is 1.59. The topological polar surface area (TPSA) is 333 Å². The van der Waals surface area contributed by atoms with Crippen molar-refractivity contribution in [1.82, 2.24) is 5.32 Å². The van der Waals surface area contributed by atoms with E-state index in [1.54, 1.807) is 12.1 Å². The quantitative estimate of drug-likeness (QED) is 0.0580. The van der Waals surface area contributed by atoms with E-state index in [-0.39, 0.29) is 37.2 Å². The molecule has 300 valence electrons. The summed E-state index contributed by atoms with van der Waals surface area (Å²) >= 11 is 0. The first kappa shape index (κ1) is 47.0. The number of nitrogens with two attached hydrogens (primary N) is 5. The van der Waals surface area contributed by atoms with E-state index in [9.17, 15) is 28.8 Å². The fourth-order valence-corrected chi connectivity index (χ4v) is 4.54. The first-order valence-corrected chi connectivity index (χ1v) is 17.2. The maximum Gasteiger partial charge on any atom is 0.334 e. The van der Waals surface area contributed by atoms with Gasteiger partial charge < -0.3 is 63.5 Å². The van der Waals surface area contributed by atoms with Crippen LogP contribution in [0.5, 0.6) is 5.75 Å². The molecule has 18 nitrogen and oxygen atoms in total. The number of aromatic hydroxyl groups is 1. The van der Waals surface area contributed by atoms with Crippen LogP contribution in [0.4, 0.5) is 0 Å². The van der Waals surface area contributed by atoms with Gasteiger partial charge in [-0.25, -0.2) is 9.59 Å². The van der Waals surface area contributed by atoms with E-state index in [0.29, 0.717) is 6.42 Å². The van der Waals surface area contributed by atoms with E-state index >= 15 is 0 Å². The van der Waals surface area contributed by atoms with Crippen LogP contribution < -0.4 is 34.0 Å². The van der Waals surface area contributed by atoms with Gasteiger partial charge in [-0.15, -0.1) is 0 Å². The Bertz CT molecular complexity index is 1490. The number of hydrogen-bond donors (Lipinski definition) is 9. The molecular weight excluding hydrogens is 708 g/mol. The van der Waals surface area contributed by atoms with Gasteiger partial charge in [-0.2, -0.15) is 0 Å². The number of aliphatic carboxylic acids is 2. The summed E-state index contributed by atoms with van der Waals surface area (Å²) in [6.45, 7) is 5.73. The minimum absolute atomic E-state index is 0.160. The Hall–Kier alpha value is -4.98. The van der Waals surface area contributed by atoms with E-state index in [1.165, 1.54) is 19.1 Å². The zero-order valence-corrected chi connectivity index (χ0v) is 30.7. The highest BCUT2D eigenvalue weighted by atomic mass is 16.6. The number of ether oxygens (including phenoxy) is 3. The van der Waals surface area contributed by atoms with Crippen LogP contribution in [0, 0.1) is 5.92 Å². The third-order valence-corrected chi connectivity index (χ3v) is 7.69. The molecule has 0 saturated carbocycles. The number of nitrogens with one attached hydrogen (secondary N) is 1. The zero-order valence-electron chi connectivity index (χ0n) is 30.7. The summed E-state index contributed by atoms with van der Waals surface area (Å²) in [5.74, 6) is -4.84. The monoisotopic (exact) mass is 762 g/mol. The third kappa shape index (κ3) is 18.7. The number of phenols is 1. The molecule has 0 spiro atoms. The molecule has 18 heteroatoms. The minimum atomic E-state index is -1.33. The Morgan fingerprint density at radius 2 is 1.30 bits per heavy atom. The highest BCUT2D eigenvalue weighted by Crippen LogP contribution is 2.11. The highest BCUT2D eigenvalue weighted by Gasteiger charge is 2.31. The van der Waals surface area contributed by atoms with Gasteiger partial charge in [0.1, 0.15) is 54.7 Å². The van der Waals surface area contributed by atoms with Gasteiger partial charge in [0.2, 0.25) is 0 Å². The number of benzene rings is 2. The summed E-state index contributed by atoms with van der Waals surface area (Å²) in [5.41, 5.74) is 29.4. The van der Waals surface area contributed by atoms with Crippen LogP contribution in [0.3, 0.4) is 0 Å². The highest BCUT2D eigenvalue weighted by molar-refractivity contribution is 5.91. The number of carboxylic acids is 2. The van der Waals surface area contributed by atoms with Crippen LogP contribution in [0.2, 0.25) is 0 Å². The molecule has 1 aliphatic heterocycles. The van der Waals surface area contributed by atoms with Gasteiger partial charge in [0, 0.05) is 0 Å². The second kappa shape index (κ2) is 24.4. The molecule has 7 atom stereocenters. The van der Waals surface area contributed by atoms with Gasteiger partial charge in [0.05, 0.1) is 0 Å². The van der Waals surface area contributed by atoms with Crippen LogP contribution in [0.15, 0.2) is 54.6 Å². The van der Waals surface area contributed by atoms with Crippen LogP contribution >= 0.6 is 0 Å². The molecule has 1 saturated heterocycles. The Kier molecular flexibility index (Phi) is 21.2. The second-order valence-electron chi connectivity index (χ2n) is 13.0. The van der Waals surface area contributed by atoms with Gasteiger partial charge >= 0.3 is 35.8 Å². The van der Waals surface area contributed by atoms with Gasteiger partial charge in [0.15, 0.2) is 0 Å². The lowest BCUT2D eigenvalue weighted by Gasteiger charge is -2.21. The third-order valence-electron chi connectivity index (χ3n) is 7.69. The number of carboxylic acid groups (broad SMARTS) is 2. The van der Waals surface area contributed by atoms with E-state index in [0.717, 1.165) is 30.5 Å². The minimum Gasteiger partial charge on any atom is -0.508 e. The average Bonchev–Trinajstić information content (AvgIpc) is 3.67. The van der Waals surface area contributed by atoms with Crippen molar-refractivity contribution in [3.63, 3.8) is 0 Å². The number of hydrogen-bond acceptors (Lipinski definition) is 16. The smallest absolute Gasteiger partial charge is 0.334 e. The van der Waals surface area contributed by atoms with Gasteiger partial charge in [0.25, 0.3) is 0 Å². The Balaban J connectivity index is 0.000000450. The second-order valence-corrected chi connectivity index (χ2v) is 13.0. The number of esters is 4. The molecule has 1 fully saturated rings. The van der Waals surface area contributed by atoms with Crippen molar-refractivity contribution in [2.24, 2.45) is 34.6 Å². The van der Waals surface area contributed by atoms with Crippen LogP contribution in [0.25, 0.3) is 0 Å². The molecular formula is C36H54N6O12. The molecule has 1 heterocycles. The van der Waals surface area contributed by atoms with Crippen LogP contribution in [-0.2, 0) is 55.8 Å². The van der Waals surface area contributed by atoms with Gasteiger partial charge in [-0.05, 0) is 74.8 Å². The Labute approximate surface area is 313 Å². The molecule has 0 radical (unpaired) electrons. The van der Waals surface area contributed by atoms with Crippen molar-refractivity contribution in [3.8, 4) is 5.75 Å². The number of carbonyl (C=O) groups is 6. The first-order chi connectivity index (χ1) is 25.3. The largest absolute Gasteiger partial charge is 0.508 e. The van der Waals surface area contributed by atoms with E-state index in [1.807, 2.05) is 44.2 Å². The zero-order chi connectivity index (χ0) is 41.0. The molecule has 0 aliphatic carbocycles. The summed E-state index contributed by atoms with van der Waals surface area (Å²) < 4.78 is 14.6. The van der Waals surface area contributed by atoms with Crippen molar-refractivity contribution in [3.05, 3.63) is 65.7 Å². The van der Waals surface area contributed by atoms with Crippen molar-refractivity contribution in [1.29, 1.82) is 0 Å². The molecule has 54 heavy (non-hydrogen) atoms. The average molecular weight is 763 g/mol.